The fourth-order valence-corrected chi connectivity index (χ4v) is 2.58. The Morgan fingerprint density at radius 3 is 2.64 bits per heavy atom. The van der Waals surface area contributed by atoms with Gasteiger partial charge in [-0.2, -0.15) is 5.10 Å². The zero-order valence-corrected chi connectivity index (χ0v) is 15.5. The number of nitrogens with one attached hydrogen (secondary N) is 2. The normalized spacial score (nSPS) is 10.6. The van der Waals surface area contributed by atoms with Gasteiger partial charge in [-0.3, -0.25) is 23.6 Å². The standard InChI is InChI=1S/C18H20N6O4/c1-3-28-13-6-4-12(5-7-13)22-15(25)9-19-16(26)10-24-11-20-17-14(18(24)27)8-21-23(17)2/h4-8,11H,3,9-10H2,1-2H3,(H,19,26)(H,22,25). The molecule has 0 saturated heterocycles. The second kappa shape index (κ2) is 8.33. The number of benzene rings is 1. The Morgan fingerprint density at radius 2 is 1.93 bits per heavy atom. The van der Waals surface area contributed by atoms with Crippen molar-refractivity contribution in [2.75, 3.05) is 18.5 Å². The summed E-state index contributed by atoms with van der Waals surface area (Å²) in [6, 6.07) is 6.90. The molecule has 0 unspecified atom stereocenters. The fraction of sp³-hybridized carbons (Fsp3) is 0.278. The van der Waals surface area contributed by atoms with Crippen LogP contribution in [-0.4, -0.2) is 44.3 Å². The first-order valence-corrected chi connectivity index (χ1v) is 8.64. The van der Waals surface area contributed by atoms with E-state index < -0.39 is 5.91 Å². The van der Waals surface area contributed by atoms with Crippen molar-refractivity contribution in [3.8, 4) is 5.75 Å². The molecule has 0 aliphatic carbocycles. The van der Waals surface area contributed by atoms with Crippen molar-refractivity contribution in [2.24, 2.45) is 7.05 Å². The highest BCUT2D eigenvalue weighted by Gasteiger charge is 2.12. The van der Waals surface area contributed by atoms with Gasteiger partial charge in [0.2, 0.25) is 11.8 Å². The minimum atomic E-state index is -0.478. The van der Waals surface area contributed by atoms with Crippen LogP contribution in [0.15, 0.2) is 41.6 Å². The predicted octanol–water partition coefficient (Wildman–Crippen LogP) is 0.284. The zero-order valence-electron chi connectivity index (χ0n) is 15.5. The molecule has 3 aromatic rings. The Kier molecular flexibility index (Phi) is 5.68. The van der Waals surface area contributed by atoms with Crippen molar-refractivity contribution in [3.05, 3.63) is 47.1 Å². The van der Waals surface area contributed by atoms with E-state index in [0.29, 0.717) is 29.1 Å². The van der Waals surface area contributed by atoms with Crippen molar-refractivity contribution < 1.29 is 14.3 Å². The highest BCUT2D eigenvalue weighted by Crippen LogP contribution is 2.15. The maximum Gasteiger partial charge on any atom is 0.264 e. The van der Waals surface area contributed by atoms with Crippen molar-refractivity contribution in [3.63, 3.8) is 0 Å². The van der Waals surface area contributed by atoms with Gasteiger partial charge in [0, 0.05) is 12.7 Å². The number of hydrogen-bond donors (Lipinski definition) is 2. The van der Waals surface area contributed by atoms with Gasteiger partial charge in [0.1, 0.15) is 24.0 Å². The number of rotatable bonds is 7. The second-order valence-corrected chi connectivity index (χ2v) is 5.97. The first-order valence-electron chi connectivity index (χ1n) is 8.64. The number of aryl methyl sites for hydroxylation is 1. The van der Waals surface area contributed by atoms with Gasteiger partial charge in [0.15, 0.2) is 5.65 Å². The molecule has 1 aromatic carbocycles. The molecule has 2 amide bonds. The average molecular weight is 384 g/mol. The molecular weight excluding hydrogens is 364 g/mol. The van der Waals surface area contributed by atoms with E-state index in [4.69, 9.17) is 4.74 Å². The van der Waals surface area contributed by atoms with Crippen molar-refractivity contribution >= 4 is 28.5 Å². The zero-order chi connectivity index (χ0) is 20.1. The van der Waals surface area contributed by atoms with Gasteiger partial charge in [-0.15, -0.1) is 0 Å². The molecule has 0 saturated carbocycles. The number of nitrogens with zero attached hydrogens (tertiary/aromatic N) is 4. The lowest BCUT2D eigenvalue weighted by Gasteiger charge is -2.09. The maximum atomic E-state index is 12.3. The number of ether oxygens (including phenoxy) is 1. The summed E-state index contributed by atoms with van der Waals surface area (Å²) in [7, 11) is 1.68. The summed E-state index contributed by atoms with van der Waals surface area (Å²) in [4.78, 5) is 40.5. The van der Waals surface area contributed by atoms with Gasteiger partial charge in [-0.25, -0.2) is 4.98 Å². The lowest BCUT2D eigenvalue weighted by Crippen LogP contribution is -2.37. The third kappa shape index (κ3) is 4.34. The van der Waals surface area contributed by atoms with Crippen molar-refractivity contribution in [1.29, 1.82) is 0 Å². The van der Waals surface area contributed by atoms with E-state index in [2.05, 4.69) is 20.7 Å². The number of carbonyl (C=O) groups excluding carboxylic acids is 2. The van der Waals surface area contributed by atoms with Crippen LogP contribution in [-0.2, 0) is 23.2 Å². The van der Waals surface area contributed by atoms with Gasteiger partial charge in [0.05, 0.1) is 19.3 Å². The van der Waals surface area contributed by atoms with Crippen LogP contribution in [0.25, 0.3) is 11.0 Å². The lowest BCUT2D eigenvalue weighted by molar-refractivity contribution is -0.124. The highest BCUT2D eigenvalue weighted by atomic mass is 16.5. The number of hydrogen-bond acceptors (Lipinski definition) is 6. The van der Waals surface area contributed by atoms with Gasteiger partial charge >= 0.3 is 0 Å². The van der Waals surface area contributed by atoms with Gasteiger partial charge in [-0.05, 0) is 31.2 Å². The van der Waals surface area contributed by atoms with Crippen LogP contribution in [0.1, 0.15) is 6.92 Å². The largest absolute Gasteiger partial charge is 0.494 e. The molecule has 0 fully saturated rings. The maximum absolute atomic E-state index is 12.3. The molecule has 2 heterocycles. The van der Waals surface area contributed by atoms with Gasteiger partial charge in [-0.1, -0.05) is 0 Å². The Hall–Kier alpha value is -3.69. The van der Waals surface area contributed by atoms with Crippen LogP contribution in [0, 0.1) is 0 Å². The Balaban J connectivity index is 1.53. The monoisotopic (exact) mass is 384 g/mol. The molecule has 28 heavy (non-hydrogen) atoms. The van der Waals surface area contributed by atoms with E-state index in [1.54, 1.807) is 31.3 Å². The highest BCUT2D eigenvalue weighted by molar-refractivity contribution is 5.94. The van der Waals surface area contributed by atoms with E-state index in [1.807, 2.05) is 6.92 Å². The van der Waals surface area contributed by atoms with Gasteiger partial charge < -0.3 is 15.4 Å². The summed E-state index contributed by atoms with van der Waals surface area (Å²) in [5.74, 6) is -0.155. The molecular formula is C18H20N6O4. The van der Waals surface area contributed by atoms with Crippen molar-refractivity contribution in [1.82, 2.24) is 24.6 Å². The summed E-state index contributed by atoms with van der Waals surface area (Å²) in [5, 5.41) is 9.44. The minimum Gasteiger partial charge on any atom is -0.494 e. The summed E-state index contributed by atoms with van der Waals surface area (Å²) in [6.45, 7) is 1.98. The van der Waals surface area contributed by atoms with E-state index in [-0.39, 0.29) is 24.6 Å². The van der Waals surface area contributed by atoms with E-state index in [1.165, 1.54) is 21.8 Å². The number of aromatic nitrogens is 4. The molecule has 3 rings (SSSR count). The van der Waals surface area contributed by atoms with Crippen LogP contribution in [0.4, 0.5) is 5.69 Å². The van der Waals surface area contributed by atoms with Crippen LogP contribution in [0.2, 0.25) is 0 Å². The predicted molar refractivity (Wildman–Crippen MR) is 102 cm³/mol. The van der Waals surface area contributed by atoms with Crippen LogP contribution >= 0.6 is 0 Å². The SMILES string of the molecule is CCOc1ccc(NC(=O)CNC(=O)Cn2cnc3c(cnn3C)c2=O)cc1. The van der Waals surface area contributed by atoms with Crippen LogP contribution in [0.3, 0.4) is 0 Å². The molecule has 0 radical (unpaired) electrons. The molecule has 146 valence electrons. The van der Waals surface area contributed by atoms with Gasteiger partial charge in [0.25, 0.3) is 5.56 Å². The lowest BCUT2D eigenvalue weighted by atomic mass is 10.3. The van der Waals surface area contributed by atoms with E-state index in [0.717, 1.165) is 0 Å². The molecule has 0 spiro atoms. The Morgan fingerprint density at radius 1 is 1.18 bits per heavy atom. The average Bonchev–Trinajstić information content (AvgIpc) is 3.06. The number of anilines is 1. The quantitative estimate of drug-likeness (QED) is 0.604. The van der Waals surface area contributed by atoms with Crippen molar-refractivity contribution in [2.45, 2.75) is 13.5 Å². The summed E-state index contributed by atoms with van der Waals surface area (Å²) in [6.07, 6.45) is 2.69. The molecule has 10 heteroatoms. The van der Waals surface area contributed by atoms with E-state index in [9.17, 15) is 14.4 Å². The molecule has 0 bridgehead atoms. The second-order valence-electron chi connectivity index (χ2n) is 5.97. The molecule has 2 aromatic heterocycles. The third-order valence-electron chi connectivity index (χ3n) is 3.93. The fourth-order valence-electron chi connectivity index (χ4n) is 2.58. The smallest absolute Gasteiger partial charge is 0.264 e. The Bertz CT molecular complexity index is 1050. The number of fused-ring (bicyclic) bond motifs is 1. The molecule has 0 aliphatic heterocycles. The number of carbonyl (C=O) groups is 2. The summed E-state index contributed by atoms with van der Waals surface area (Å²) in [5.41, 5.74) is 0.661. The first kappa shape index (κ1) is 19.1. The number of amides is 2. The molecule has 0 atom stereocenters. The van der Waals surface area contributed by atoms with Crippen LogP contribution in [0.5, 0.6) is 5.75 Å². The molecule has 0 aliphatic rings. The summed E-state index contributed by atoms with van der Waals surface area (Å²) >= 11 is 0. The topological polar surface area (TPSA) is 120 Å². The molecule has 2 N–H and O–H groups in total. The van der Waals surface area contributed by atoms with Crippen LogP contribution < -0.4 is 20.9 Å². The third-order valence-corrected chi connectivity index (χ3v) is 3.93. The molecule has 10 nitrogen and oxygen atoms in total. The first-order chi connectivity index (χ1) is 13.5. The minimum absolute atomic E-state index is 0.219. The van der Waals surface area contributed by atoms with E-state index >= 15 is 0 Å². The Labute approximate surface area is 160 Å². The summed E-state index contributed by atoms with van der Waals surface area (Å²) < 4.78 is 7.98.